The third-order valence-electron chi connectivity index (χ3n) is 3.71. The van der Waals surface area contributed by atoms with E-state index in [4.69, 9.17) is 0 Å². The average Bonchev–Trinajstić information content (AvgIpc) is 2.56. The van der Waals surface area contributed by atoms with E-state index in [9.17, 15) is 19.3 Å². The van der Waals surface area contributed by atoms with Gasteiger partial charge in [0, 0.05) is 24.4 Å². The van der Waals surface area contributed by atoms with Crippen LogP contribution in [0.3, 0.4) is 0 Å². The van der Waals surface area contributed by atoms with E-state index < -0.39 is 11.0 Å². The summed E-state index contributed by atoms with van der Waals surface area (Å²) in [6.45, 7) is 2.21. The molecule has 0 aliphatic heterocycles. The molecule has 1 unspecified atom stereocenters. The van der Waals surface area contributed by atoms with Gasteiger partial charge in [0.2, 0.25) is 5.91 Å². The van der Waals surface area contributed by atoms with Crippen LogP contribution in [0.25, 0.3) is 0 Å². The van der Waals surface area contributed by atoms with Crippen LogP contribution in [0.4, 0.5) is 15.8 Å². The van der Waals surface area contributed by atoms with Gasteiger partial charge in [-0.1, -0.05) is 18.2 Å². The summed E-state index contributed by atoms with van der Waals surface area (Å²) in [6.07, 6.45) is 0. The van der Waals surface area contributed by atoms with Gasteiger partial charge in [0.1, 0.15) is 5.82 Å². The summed E-state index contributed by atoms with van der Waals surface area (Å²) in [7, 11) is 1.78. The zero-order valence-corrected chi connectivity index (χ0v) is 13.4. The molecule has 0 aliphatic rings. The second-order valence-electron chi connectivity index (χ2n) is 5.51. The van der Waals surface area contributed by atoms with Gasteiger partial charge in [-0.25, -0.2) is 4.39 Å². The highest BCUT2D eigenvalue weighted by molar-refractivity contribution is 5.94. The number of nitro groups is 1. The maximum Gasteiger partial charge on any atom is 0.271 e. The minimum absolute atomic E-state index is 0.0832. The highest BCUT2D eigenvalue weighted by atomic mass is 19.1. The van der Waals surface area contributed by atoms with Crippen LogP contribution in [-0.2, 0) is 11.3 Å². The van der Waals surface area contributed by atoms with Crippen LogP contribution in [0.1, 0.15) is 12.5 Å². The van der Waals surface area contributed by atoms with E-state index in [0.29, 0.717) is 12.2 Å². The van der Waals surface area contributed by atoms with Gasteiger partial charge in [-0.2, -0.15) is 0 Å². The lowest BCUT2D eigenvalue weighted by atomic mass is 10.2. The smallest absolute Gasteiger partial charge is 0.271 e. The van der Waals surface area contributed by atoms with Crippen molar-refractivity contribution in [1.29, 1.82) is 0 Å². The third kappa shape index (κ3) is 4.60. The fourth-order valence-corrected chi connectivity index (χ4v) is 2.16. The van der Waals surface area contributed by atoms with E-state index in [1.165, 1.54) is 30.3 Å². The van der Waals surface area contributed by atoms with Crippen molar-refractivity contribution in [3.8, 4) is 0 Å². The average molecular weight is 331 g/mol. The van der Waals surface area contributed by atoms with Crippen molar-refractivity contribution in [2.24, 2.45) is 0 Å². The van der Waals surface area contributed by atoms with Crippen LogP contribution >= 0.6 is 0 Å². The van der Waals surface area contributed by atoms with Gasteiger partial charge in [0.15, 0.2) is 0 Å². The molecule has 2 aromatic carbocycles. The lowest BCUT2D eigenvalue weighted by Crippen LogP contribution is -2.39. The number of likely N-dealkylation sites (N-methyl/N-ethyl adjacent to an activating group) is 1. The third-order valence-corrected chi connectivity index (χ3v) is 3.71. The molecule has 1 amide bonds. The molecule has 0 fully saturated rings. The fourth-order valence-electron chi connectivity index (χ4n) is 2.16. The number of benzene rings is 2. The summed E-state index contributed by atoms with van der Waals surface area (Å²) in [5.41, 5.74) is 1.17. The number of anilines is 1. The molecule has 0 spiro atoms. The van der Waals surface area contributed by atoms with Crippen molar-refractivity contribution in [3.63, 3.8) is 0 Å². The van der Waals surface area contributed by atoms with Crippen molar-refractivity contribution < 1.29 is 14.1 Å². The number of rotatable bonds is 6. The van der Waals surface area contributed by atoms with Crippen molar-refractivity contribution in [3.05, 3.63) is 70.0 Å². The summed E-state index contributed by atoms with van der Waals surface area (Å²) < 4.78 is 12.9. The molecule has 1 atom stereocenters. The summed E-state index contributed by atoms with van der Waals surface area (Å²) in [6, 6.07) is 11.4. The summed E-state index contributed by atoms with van der Waals surface area (Å²) in [4.78, 5) is 24.4. The minimum atomic E-state index is -0.514. The number of nitrogens with zero attached hydrogens (tertiary/aromatic N) is 2. The SMILES string of the molecule is CC(C(=O)Nc1cccc([N+](=O)[O-])c1)N(C)Cc1ccc(F)cc1. The van der Waals surface area contributed by atoms with E-state index in [1.54, 1.807) is 37.1 Å². The number of nitrogens with one attached hydrogen (secondary N) is 1. The van der Waals surface area contributed by atoms with Gasteiger partial charge in [-0.15, -0.1) is 0 Å². The fraction of sp³-hybridized carbons (Fsp3) is 0.235. The van der Waals surface area contributed by atoms with Gasteiger partial charge in [0.05, 0.1) is 11.0 Å². The first-order valence-corrected chi connectivity index (χ1v) is 7.37. The molecule has 7 heteroatoms. The molecule has 24 heavy (non-hydrogen) atoms. The Balaban J connectivity index is 1.99. The van der Waals surface area contributed by atoms with E-state index in [1.807, 2.05) is 0 Å². The van der Waals surface area contributed by atoms with E-state index in [2.05, 4.69) is 5.32 Å². The zero-order valence-electron chi connectivity index (χ0n) is 13.4. The predicted molar refractivity (Wildman–Crippen MR) is 89.1 cm³/mol. The number of hydrogen-bond donors (Lipinski definition) is 1. The Morgan fingerprint density at radius 2 is 1.96 bits per heavy atom. The normalized spacial score (nSPS) is 12.0. The summed E-state index contributed by atoms with van der Waals surface area (Å²) >= 11 is 0. The maximum absolute atomic E-state index is 12.9. The molecule has 0 saturated heterocycles. The van der Waals surface area contributed by atoms with Crippen LogP contribution < -0.4 is 5.32 Å². The van der Waals surface area contributed by atoms with Crippen LogP contribution in [0, 0.1) is 15.9 Å². The number of nitro benzene ring substituents is 1. The molecule has 0 bridgehead atoms. The quantitative estimate of drug-likeness (QED) is 0.651. The number of amides is 1. The van der Waals surface area contributed by atoms with Gasteiger partial charge in [-0.3, -0.25) is 19.8 Å². The van der Waals surface area contributed by atoms with Crippen LogP contribution in [0.2, 0.25) is 0 Å². The molecule has 0 radical (unpaired) electrons. The molecule has 6 nitrogen and oxygen atoms in total. The monoisotopic (exact) mass is 331 g/mol. The Hall–Kier alpha value is -2.80. The van der Waals surface area contributed by atoms with Crippen molar-refractivity contribution in [2.75, 3.05) is 12.4 Å². The molecule has 0 aliphatic carbocycles. The zero-order chi connectivity index (χ0) is 17.7. The van der Waals surface area contributed by atoms with Gasteiger partial charge in [-0.05, 0) is 37.7 Å². The Morgan fingerprint density at radius 3 is 2.58 bits per heavy atom. The Kier molecular flexibility index (Phi) is 5.59. The predicted octanol–water partition coefficient (Wildman–Crippen LogP) is 3.19. The second-order valence-corrected chi connectivity index (χ2v) is 5.51. The second kappa shape index (κ2) is 7.65. The summed E-state index contributed by atoms with van der Waals surface area (Å²) in [5.74, 6) is -0.585. The van der Waals surface area contributed by atoms with Gasteiger partial charge in [0.25, 0.3) is 5.69 Å². The molecule has 0 heterocycles. The van der Waals surface area contributed by atoms with E-state index in [0.717, 1.165) is 5.56 Å². The lowest BCUT2D eigenvalue weighted by Gasteiger charge is -2.24. The topological polar surface area (TPSA) is 75.5 Å². The highest BCUT2D eigenvalue weighted by Crippen LogP contribution is 2.18. The largest absolute Gasteiger partial charge is 0.324 e. The Labute approximate surface area is 139 Å². The lowest BCUT2D eigenvalue weighted by molar-refractivity contribution is -0.384. The maximum atomic E-state index is 12.9. The molecular formula is C17H18FN3O3. The number of carbonyl (C=O) groups is 1. The first-order valence-electron chi connectivity index (χ1n) is 7.37. The first kappa shape index (κ1) is 17.6. The molecule has 2 rings (SSSR count). The number of non-ortho nitro benzene ring substituents is 1. The van der Waals surface area contributed by atoms with Crippen LogP contribution in [-0.4, -0.2) is 28.8 Å². The molecular weight excluding hydrogens is 313 g/mol. The van der Waals surface area contributed by atoms with E-state index in [-0.39, 0.29) is 17.4 Å². The Morgan fingerprint density at radius 1 is 1.29 bits per heavy atom. The minimum Gasteiger partial charge on any atom is -0.324 e. The molecule has 0 aromatic heterocycles. The highest BCUT2D eigenvalue weighted by Gasteiger charge is 2.19. The van der Waals surface area contributed by atoms with Gasteiger partial charge >= 0.3 is 0 Å². The van der Waals surface area contributed by atoms with E-state index >= 15 is 0 Å². The number of hydrogen-bond acceptors (Lipinski definition) is 4. The van der Waals surface area contributed by atoms with Crippen LogP contribution in [0.5, 0.6) is 0 Å². The van der Waals surface area contributed by atoms with Crippen molar-refractivity contribution >= 4 is 17.3 Å². The first-order chi connectivity index (χ1) is 11.4. The molecule has 0 saturated carbocycles. The standard InChI is InChI=1S/C17H18FN3O3/c1-12(20(2)11-13-6-8-14(18)9-7-13)17(22)19-15-4-3-5-16(10-15)21(23)24/h3-10,12H,11H2,1-2H3,(H,19,22). The number of halogens is 1. The van der Waals surface area contributed by atoms with Gasteiger partial charge < -0.3 is 5.32 Å². The van der Waals surface area contributed by atoms with Crippen molar-refractivity contribution in [1.82, 2.24) is 4.90 Å². The van der Waals surface area contributed by atoms with Crippen LogP contribution in [0.15, 0.2) is 48.5 Å². The molecule has 126 valence electrons. The molecule has 1 N–H and O–H groups in total. The number of carbonyl (C=O) groups excluding carboxylic acids is 1. The summed E-state index contributed by atoms with van der Waals surface area (Å²) in [5, 5.41) is 13.4. The Bertz CT molecular complexity index is 734. The molecule has 2 aromatic rings. The van der Waals surface area contributed by atoms with Crippen molar-refractivity contribution in [2.45, 2.75) is 19.5 Å².